The highest BCUT2D eigenvalue weighted by Gasteiger charge is 2.17. The molecule has 1 N–H and O–H groups in total. The zero-order valence-corrected chi connectivity index (χ0v) is 12.8. The number of halogens is 1. The Morgan fingerprint density at radius 1 is 1.19 bits per heavy atom. The molecule has 1 heterocycles. The Kier molecular flexibility index (Phi) is 5.28. The van der Waals surface area contributed by atoms with Crippen molar-refractivity contribution in [2.45, 2.75) is 26.3 Å². The molecule has 2 rings (SSSR count). The number of rotatable bonds is 5. The smallest absolute Gasteiger partial charge is 0.271 e. The summed E-state index contributed by atoms with van der Waals surface area (Å²) in [7, 11) is 0. The van der Waals surface area contributed by atoms with Crippen LogP contribution in [0.15, 0.2) is 42.7 Å². The molecule has 1 amide bonds. The lowest BCUT2D eigenvalue weighted by Gasteiger charge is -2.21. The zero-order chi connectivity index (χ0) is 15.2. The van der Waals surface area contributed by atoms with E-state index >= 15 is 0 Å². The Balaban J connectivity index is 2.15. The number of hydrogen-bond donors (Lipinski definition) is 1. The molecule has 1 aromatic carbocycles. The van der Waals surface area contributed by atoms with Crippen LogP contribution in [-0.4, -0.2) is 15.9 Å². The summed E-state index contributed by atoms with van der Waals surface area (Å²) in [5.74, 6) is 0.223. The number of amides is 1. The van der Waals surface area contributed by atoms with Crippen LogP contribution in [0.2, 0.25) is 5.15 Å². The van der Waals surface area contributed by atoms with Gasteiger partial charge in [0.2, 0.25) is 0 Å². The molecule has 4 nitrogen and oxygen atoms in total. The molecule has 0 aliphatic carbocycles. The monoisotopic (exact) mass is 303 g/mol. The molecular weight excluding hydrogens is 286 g/mol. The fraction of sp³-hybridized carbons (Fsp3) is 0.312. The molecule has 0 saturated carbocycles. The molecule has 2 aromatic rings. The number of benzene rings is 1. The first kappa shape index (κ1) is 15.4. The van der Waals surface area contributed by atoms with Crippen molar-refractivity contribution in [3.05, 3.63) is 59.1 Å². The van der Waals surface area contributed by atoms with Gasteiger partial charge in [0, 0.05) is 0 Å². The zero-order valence-electron chi connectivity index (χ0n) is 12.1. The van der Waals surface area contributed by atoms with Gasteiger partial charge < -0.3 is 5.32 Å². The average Bonchev–Trinajstić information content (AvgIpc) is 2.47. The minimum atomic E-state index is -0.242. The molecule has 21 heavy (non-hydrogen) atoms. The van der Waals surface area contributed by atoms with Gasteiger partial charge in [-0.15, -0.1) is 0 Å². The van der Waals surface area contributed by atoms with Crippen LogP contribution in [0.25, 0.3) is 0 Å². The first-order chi connectivity index (χ1) is 10.1. The van der Waals surface area contributed by atoms with Crippen molar-refractivity contribution in [3.8, 4) is 0 Å². The highest BCUT2D eigenvalue weighted by atomic mass is 35.5. The maximum Gasteiger partial charge on any atom is 0.271 e. The number of aromatic nitrogens is 2. The molecule has 0 spiro atoms. The van der Waals surface area contributed by atoms with Crippen LogP contribution in [0.1, 0.15) is 42.4 Å². The number of carbonyl (C=O) groups excluding carboxylic acids is 1. The van der Waals surface area contributed by atoms with E-state index in [2.05, 4.69) is 29.1 Å². The number of carbonyl (C=O) groups is 1. The van der Waals surface area contributed by atoms with E-state index in [9.17, 15) is 4.79 Å². The Bertz CT molecular complexity index is 584. The standard InChI is InChI=1S/C16H18ClN3O/c1-11(2)8-13(12-6-4-3-5-7-12)20-16(21)14-9-19-15(17)10-18-14/h3-7,9-11,13H,8H2,1-2H3,(H,20,21)/t13-/m1/s1. The molecule has 0 radical (unpaired) electrons. The Labute approximate surface area is 129 Å². The van der Waals surface area contributed by atoms with Gasteiger partial charge in [-0.2, -0.15) is 0 Å². The predicted octanol–water partition coefficient (Wildman–Crippen LogP) is 3.65. The number of hydrogen-bond acceptors (Lipinski definition) is 3. The molecule has 0 saturated heterocycles. The third kappa shape index (κ3) is 4.53. The molecule has 1 aromatic heterocycles. The average molecular weight is 304 g/mol. The topological polar surface area (TPSA) is 54.9 Å². The molecule has 0 bridgehead atoms. The lowest BCUT2D eigenvalue weighted by molar-refractivity contribution is 0.0926. The Hall–Kier alpha value is -1.94. The van der Waals surface area contributed by atoms with Gasteiger partial charge in [0.15, 0.2) is 0 Å². The minimum absolute atomic E-state index is 0.0452. The number of nitrogens with one attached hydrogen (secondary N) is 1. The predicted molar refractivity (Wildman–Crippen MR) is 83.1 cm³/mol. The van der Waals surface area contributed by atoms with Crippen LogP contribution < -0.4 is 5.32 Å². The third-order valence-corrected chi connectivity index (χ3v) is 3.26. The molecule has 0 aliphatic heterocycles. The maximum absolute atomic E-state index is 12.3. The quantitative estimate of drug-likeness (QED) is 0.917. The second-order valence-electron chi connectivity index (χ2n) is 5.29. The van der Waals surface area contributed by atoms with E-state index in [1.807, 2.05) is 30.3 Å². The van der Waals surface area contributed by atoms with Gasteiger partial charge in [-0.05, 0) is 17.9 Å². The molecule has 5 heteroatoms. The highest BCUT2D eigenvalue weighted by molar-refractivity contribution is 6.29. The largest absolute Gasteiger partial charge is 0.344 e. The van der Waals surface area contributed by atoms with Crippen LogP contribution in [0.3, 0.4) is 0 Å². The van der Waals surface area contributed by atoms with Crippen molar-refractivity contribution < 1.29 is 4.79 Å². The van der Waals surface area contributed by atoms with E-state index in [4.69, 9.17) is 11.6 Å². The van der Waals surface area contributed by atoms with Gasteiger partial charge in [0.05, 0.1) is 18.4 Å². The van der Waals surface area contributed by atoms with Gasteiger partial charge in [0.25, 0.3) is 5.91 Å². The van der Waals surface area contributed by atoms with Gasteiger partial charge in [-0.3, -0.25) is 4.79 Å². The summed E-state index contributed by atoms with van der Waals surface area (Å²) in [5, 5.41) is 3.29. The van der Waals surface area contributed by atoms with Crippen molar-refractivity contribution in [2.75, 3.05) is 0 Å². The van der Waals surface area contributed by atoms with Crippen LogP contribution in [0.5, 0.6) is 0 Å². The Morgan fingerprint density at radius 2 is 1.90 bits per heavy atom. The summed E-state index contributed by atoms with van der Waals surface area (Å²) < 4.78 is 0. The van der Waals surface area contributed by atoms with Crippen LogP contribution in [0.4, 0.5) is 0 Å². The fourth-order valence-corrected chi connectivity index (χ4v) is 2.19. The molecular formula is C16H18ClN3O. The SMILES string of the molecule is CC(C)C[C@@H](NC(=O)c1cnc(Cl)cn1)c1ccccc1. The summed E-state index contributed by atoms with van der Waals surface area (Å²) in [6, 6.07) is 9.88. The Morgan fingerprint density at radius 3 is 2.48 bits per heavy atom. The van der Waals surface area contributed by atoms with E-state index in [1.165, 1.54) is 12.4 Å². The van der Waals surface area contributed by atoms with Crippen molar-refractivity contribution in [2.24, 2.45) is 5.92 Å². The lowest BCUT2D eigenvalue weighted by Crippen LogP contribution is -2.30. The van der Waals surface area contributed by atoms with Crippen molar-refractivity contribution in [1.29, 1.82) is 0 Å². The summed E-state index contributed by atoms with van der Waals surface area (Å²) in [5.41, 5.74) is 1.35. The summed E-state index contributed by atoms with van der Waals surface area (Å²) >= 11 is 5.68. The summed E-state index contributed by atoms with van der Waals surface area (Å²) in [6.07, 6.45) is 3.61. The van der Waals surface area contributed by atoms with Crippen LogP contribution >= 0.6 is 11.6 Å². The molecule has 0 unspecified atom stereocenters. The molecule has 0 aliphatic rings. The normalized spacial score (nSPS) is 12.2. The maximum atomic E-state index is 12.3. The van der Waals surface area contributed by atoms with E-state index < -0.39 is 0 Å². The van der Waals surface area contributed by atoms with Crippen molar-refractivity contribution in [3.63, 3.8) is 0 Å². The highest BCUT2D eigenvalue weighted by Crippen LogP contribution is 2.21. The van der Waals surface area contributed by atoms with Gasteiger partial charge in [0.1, 0.15) is 10.8 Å². The fourth-order valence-electron chi connectivity index (χ4n) is 2.10. The third-order valence-electron chi connectivity index (χ3n) is 3.07. The van der Waals surface area contributed by atoms with Gasteiger partial charge in [-0.1, -0.05) is 55.8 Å². The second-order valence-corrected chi connectivity index (χ2v) is 5.68. The van der Waals surface area contributed by atoms with E-state index in [0.717, 1.165) is 12.0 Å². The lowest BCUT2D eigenvalue weighted by atomic mass is 9.97. The second kappa shape index (κ2) is 7.18. The van der Waals surface area contributed by atoms with Crippen LogP contribution in [0, 0.1) is 5.92 Å². The van der Waals surface area contributed by atoms with Crippen molar-refractivity contribution >= 4 is 17.5 Å². The first-order valence-corrected chi connectivity index (χ1v) is 7.27. The summed E-state index contributed by atoms with van der Waals surface area (Å²) in [4.78, 5) is 20.1. The minimum Gasteiger partial charge on any atom is -0.344 e. The molecule has 0 fully saturated rings. The van der Waals surface area contributed by atoms with E-state index in [0.29, 0.717) is 5.92 Å². The van der Waals surface area contributed by atoms with E-state index in [-0.39, 0.29) is 22.8 Å². The first-order valence-electron chi connectivity index (χ1n) is 6.89. The van der Waals surface area contributed by atoms with Gasteiger partial charge in [-0.25, -0.2) is 9.97 Å². The summed E-state index contributed by atoms with van der Waals surface area (Å²) in [6.45, 7) is 4.26. The molecule has 110 valence electrons. The van der Waals surface area contributed by atoms with Crippen molar-refractivity contribution in [1.82, 2.24) is 15.3 Å². The van der Waals surface area contributed by atoms with Gasteiger partial charge >= 0.3 is 0 Å². The molecule has 1 atom stereocenters. The van der Waals surface area contributed by atoms with E-state index in [1.54, 1.807) is 0 Å². The van der Waals surface area contributed by atoms with Crippen LogP contribution in [-0.2, 0) is 0 Å². The number of nitrogens with zero attached hydrogens (tertiary/aromatic N) is 2.